The van der Waals surface area contributed by atoms with Gasteiger partial charge in [0.05, 0.1) is 7.11 Å². The van der Waals surface area contributed by atoms with Crippen molar-refractivity contribution < 1.29 is 9.53 Å². The highest BCUT2D eigenvalue weighted by molar-refractivity contribution is 5.75. The molecular formula is C10H20N2O2. The predicted molar refractivity (Wildman–Crippen MR) is 55.2 cm³/mol. The van der Waals surface area contributed by atoms with Gasteiger partial charge < -0.3 is 15.0 Å². The third kappa shape index (κ3) is 3.27. The summed E-state index contributed by atoms with van der Waals surface area (Å²) in [6.45, 7) is 3.34. The van der Waals surface area contributed by atoms with Crippen LogP contribution in [0.25, 0.3) is 0 Å². The molecule has 4 heteroatoms. The van der Waals surface area contributed by atoms with Crippen LogP contribution in [0.15, 0.2) is 0 Å². The standard InChI is InChI=1S/C10H20N2O2/c1-11-9(10(13)14-2)5-8-12-6-3-4-7-12/h9,11H,3-8H2,1-2H3. The van der Waals surface area contributed by atoms with Gasteiger partial charge in [-0.3, -0.25) is 4.79 Å². The highest BCUT2D eigenvalue weighted by atomic mass is 16.5. The Balaban J connectivity index is 2.22. The van der Waals surface area contributed by atoms with Crippen molar-refractivity contribution in [3.8, 4) is 0 Å². The minimum absolute atomic E-state index is 0.152. The summed E-state index contributed by atoms with van der Waals surface area (Å²) in [5.41, 5.74) is 0. The maximum absolute atomic E-state index is 11.2. The molecular weight excluding hydrogens is 180 g/mol. The topological polar surface area (TPSA) is 41.6 Å². The number of carbonyl (C=O) groups is 1. The molecule has 0 aromatic heterocycles. The molecule has 1 unspecified atom stereocenters. The lowest BCUT2D eigenvalue weighted by Gasteiger charge is -2.18. The Morgan fingerprint density at radius 3 is 2.64 bits per heavy atom. The molecule has 1 atom stereocenters. The number of likely N-dealkylation sites (N-methyl/N-ethyl adjacent to an activating group) is 1. The largest absolute Gasteiger partial charge is 0.468 e. The van der Waals surface area contributed by atoms with E-state index in [0.717, 1.165) is 13.0 Å². The zero-order valence-corrected chi connectivity index (χ0v) is 9.08. The van der Waals surface area contributed by atoms with E-state index in [9.17, 15) is 4.79 Å². The van der Waals surface area contributed by atoms with Crippen LogP contribution >= 0.6 is 0 Å². The van der Waals surface area contributed by atoms with Gasteiger partial charge in [0, 0.05) is 6.54 Å². The van der Waals surface area contributed by atoms with Crippen LogP contribution in [0.2, 0.25) is 0 Å². The van der Waals surface area contributed by atoms with E-state index in [0.29, 0.717) is 0 Å². The number of likely N-dealkylation sites (tertiary alicyclic amines) is 1. The molecule has 1 N–H and O–H groups in total. The highest BCUT2D eigenvalue weighted by Gasteiger charge is 2.19. The van der Waals surface area contributed by atoms with Crippen molar-refractivity contribution in [1.29, 1.82) is 0 Å². The average molecular weight is 200 g/mol. The van der Waals surface area contributed by atoms with Crippen molar-refractivity contribution in [2.24, 2.45) is 0 Å². The molecule has 0 aromatic rings. The monoisotopic (exact) mass is 200 g/mol. The molecule has 0 saturated carbocycles. The first-order chi connectivity index (χ1) is 6.77. The van der Waals surface area contributed by atoms with Crippen LogP contribution in [0.5, 0.6) is 0 Å². The lowest BCUT2D eigenvalue weighted by Crippen LogP contribution is -2.38. The van der Waals surface area contributed by atoms with Crippen LogP contribution in [-0.4, -0.2) is 50.7 Å². The van der Waals surface area contributed by atoms with E-state index in [1.807, 2.05) is 0 Å². The maximum Gasteiger partial charge on any atom is 0.322 e. The molecule has 0 amide bonds. The molecule has 1 saturated heterocycles. The highest BCUT2D eigenvalue weighted by Crippen LogP contribution is 2.08. The molecule has 4 nitrogen and oxygen atoms in total. The molecule has 82 valence electrons. The third-order valence-corrected chi connectivity index (χ3v) is 2.77. The number of carbonyl (C=O) groups excluding carboxylic acids is 1. The van der Waals surface area contributed by atoms with E-state index in [2.05, 4.69) is 10.2 Å². The van der Waals surface area contributed by atoms with Gasteiger partial charge in [-0.05, 0) is 39.4 Å². The van der Waals surface area contributed by atoms with E-state index in [4.69, 9.17) is 4.74 Å². The quantitative estimate of drug-likeness (QED) is 0.645. The molecule has 0 aliphatic carbocycles. The number of esters is 1. The van der Waals surface area contributed by atoms with Crippen molar-refractivity contribution in [3.63, 3.8) is 0 Å². The second kappa shape index (κ2) is 5.98. The molecule has 1 fully saturated rings. The van der Waals surface area contributed by atoms with Gasteiger partial charge in [-0.15, -0.1) is 0 Å². The van der Waals surface area contributed by atoms with Gasteiger partial charge in [-0.2, -0.15) is 0 Å². The zero-order valence-electron chi connectivity index (χ0n) is 9.08. The Bertz CT molecular complexity index is 179. The normalized spacial score (nSPS) is 19.6. The number of ether oxygens (including phenoxy) is 1. The summed E-state index contributed by atoms with van der Waals surface area (Å²) >= 11 is 0. The third-order valence-electron chi connectivity index (χ3n) is 2.77. The molecule has 1 aliphatic rings. The van der Waals surface area contributed by atoms with Gasteiger partial charge in [-0.25, -0.2) is 0 Å². The average Bonchev–Trinajstić information content (AvgIpc) is 2.71. The van der Waals surface area contributed by atoms with E-state index in [1.165, 1.54) is 33.0 Å². The van der Waals surface area contributed by atoms with Gasteiger partial charge in [0.15, 0.2) is 0 Å². The van der Waals surface area contributed by atoms with E-state index < -0.39 is 0 Å². The number of methoxy groups -OCH3 is 1. The van der Waals surface area contributed by atoms with Crippen LogP contribution in [0.1, 0.15) is 19.3 Å². The number of hydrogen-bond acceptors (Lipinski definition) is 4. The van der Waals surface area contributed by atoms with Crippen molar-refractivity contribution in [2.75, 3.05) is 33.8 Å². The fourth-order valence-electron chi connectivity index (χ4n) is 1.84. The molecule has 0 aromatic carbocycles. The summed E-state index contributed by atoms with van der Waals surface area (Å²) in [5, 5.41) is 2.98. The summed E-state index contributed by atoms with van der Waals surface area (Å²) in [5.74, 6) is -0.160. The van der Waals surface area contributed by atoms with Crippen molar-refractivity contribution in [2.45, 2.75) is 25.3 Å². The Hall–Kier alpha value is -0.610. The van der Waals surface area contributed by atoms with Crippen LogP contribution in [0.4, 0.5) is 0 Å². The molecule has 0 bridgehead atoms. The van der Waals surface area contributed by atoms with E-state index >= 15 is 0 Å². The summed E-state index contributed by atoms with van der Waals surface area (Å²) in [7, 11) is 3.23. The first-order valence-corrected chi connectivity index (χ1v) is 5.25. The van der Waals surface area contributed by atoms with Gasteiger partial charge in [0.2, 0.25) is 0 Å². The van der Waals surface area contributed by atoms with Crippen LogP contribution in [0.3, 0.4) is 0 Å². The molecule has 0 radical (unpaired) electrons. The maximum atomic E-state index is 11.2. The molecule has 14 heavy (non-hydrogen) atoms. The Labute approximate surface area is 85.6 Å². The van der Waals surface area contributed by atoms with Crippen LogP contribution < -0.4 is 5.32 Å². The SMILES string of the molecule is CNC(CCN1CCCC1)C(=O)OC. The number of rotatable bonds is 5. The van der Waals surface area contributed by atoms with Gasteiger partial charge in [0.1, 0.15) is 6.04 Å². The predicted octanol–water partition coefficient (Wildman–Crippen LogP) is 0.233. The summed E-state index contributed by atoms with van der Waals surface area (Å²) in [4.78, 5) is 13.6. The van der Waals surface area contributed by atoms with Gasteiger partial charge in [0.25, 0.3) is 0 Å². The minimum atomic E-state index is -0.160. The number of hydrogen-bond donors (Lipinski definition) is 1. The number of nitrogens with one attached hydrogen (secondary N) is 1. The van der Waals surface area contributed by atoms with Gasteiger partial charge >= 0.3 is 5.97 Å². The Kier molecular flexibility index (Phi) is 4.90. The van der Waals surface area contributed by atoms with E-state index in [1.54, 1.807) is 7.05 Å². The fraction of sp³-hybridized carbons (Fsp3) is 0.900. The van der Waals surface area contributed by atoms with Crippen molar-refractivity contribution in [3.05, 3.63) is 0 Å². The first-order valence-electron chi connectivity index (χ1n) is 5.25. The van der Waals surface area contributed by atoms with Gasteiger partial charge in [-0.1, -0.05) is 0 Å². The first kappa shape index (κ1) is 11.5. The summed E-state index contributed by atoms with van der Waals surface area (Å²) in [6.07, 6.45) is 3.42. The smallest absolute Gasteiger partial charge is 0.322 e. The van der Waals surface area contributed by atoms with E-state index in [-0.39, 0.29) is 12.0 Å². The lowest BCUT2D eigenvalue weighted by atomic mass is 10.2. The zero-order chi connectivity index (χ0) is 10.4. The lowest BCUT2D eigenvalue weighted by molar-refractivity contribution is -0.143. The summed E-state index contributed by atoms with van der Waals surface area (Å²) in [6, 6.07) is -0.152. The fourth-order valence-corrected chi connectivity index (χ4v) is 1.84. The Morgan fingerprint density at radius 2 is 2.14 bits per heavy atom. The molecule has 1 heterocycles. The molecule has 0 spiro atoms. The van der Waals surface area contributed by atoms with Crippen molar-refractivity contribution in [1.82, 2.24) is 10.2 Å². The number of nitrogens with zero attached hydrogens (tertiary/aromatic N) is 1. The Morgan fingerprint density at radius 1 is 1.50 bits per heavy atom. The summed E-state index contributed by atoms with van der Waals surface area (Å²) < 4.78 is 4.70. The van der Waals surface area contributed by atoms with Crippen molar-refractivity contribution >= 4 is 5.97 Å². The second-order valence-electron chi connectivity index (χ2n) is 3.70. The molecule has 1 aliphatic heterocycles. The minimum Gasteiger partial charge on any atom is -0.468 e. The molecule has 1 rings (SSSR count). The van der Waals surface area contributed by atoms with Crippen LogP contribution in [-0.2, 0) is 9.53 Å². The van der Waals surface area contributed by atoms with Crippen LogP contribution in [0, 0.1) is 0 Å². The second-order valence-corrected chi connectivity index (χ2v) is 3.70.